The molecule has 3 nitrogen and oxygen atoms in total. The summed E-state index contributed by atoms with van der Waals surface area (Å²) in [6, 6.07) is 0. The van der Waals surface area contributed by atoms with Crippen LogP contribution in [0.15, 0.2) is 0 Å². The van der Waals surface area contributed by atoms with Gasteiger partial charge in [0, 0.05) is 0 Å². The highest BCUT2D eigenvalue weighted by Crippen LogP contribution is 2.12. The molecule has 0 aromatic carbocycles. The van der Waals surface area contributed by atoms with Crippen LogP contribution in [-0.4, -0.2) is 31.0 Å². The van der Waals surface area contributed by atoms with E-state index in [4.69, 9.17) is 4.74 Å². The van der Waals surface area contributed by atoms with E-state index >= 15 is 0 Å². The largest absolute Gasteiger partial charge is 0.368 e. The Kier molecular flexibility index (Phi) is 1.49. The van der Waals surface area contributed by atoms with E-state index in [0.717, 1.165) is 0 Å². The second-order valence-electron chi connectivity index (χ2n) is 2.33. The maximum absolute atomic E-state index is 10.9. The first-order valence-electron chi connectivity index (χ1n) is 3.05. The van der Waals surface area contributed by atoms with E-state index in [1.165, 1.54) is 0 Å². The Labute approximate surface area is 55.4 Å². The van der Waals surface area contributed by atoms with Crippen molar-refractivity contribution in [3.63, 3.8) is 0 Å². The monoisotopic (exact) mass is 127 g/mol. The average Bonchev–Trinajstić information content (AvgIpc) is 1.98. The number of carbonyl (C=O) groups is 1. The summed E-state index contributed by atoms with van der Waals surface area (Å²) in [4.78, 5) is 12.5. The number of ether oxygens (including phenoxy) is 1. The lowest BCUT2D eigenvalue weighted by Crippen LogP contribution is -2.29. The van der Waals surface area contributed by atoms with Gasteiger partial charge in [-0.3, -0.25) is 4.79 Å². The zero-order valence-corrected chi connectivity index (χ0v) is 5.92. The van der Waals surface area contributed by atoms with Crippen LogP contribution in [0.4, 0.5) is 0 Å². The van der Waals surface area contributed by atoms with Gasteiger partial charge >= 0.3 is 0 Å². The van der Waals surface area contributed by atoms with E-state index in [9.17, 15) is 4.79 Å². The molecule has 0 radical (unpaired) electrons. The third kappa shape index (κ3) is 0.943. The lowest BCUT2D eigenvalue weighted by molar-refractivity contribution is -0.126. The Morgan fingerprint density at radius 3 is 2.33 bits per heavy atom. The van der Waals surface area contributed by atoms with Crippen LogP contribution in [0, 0.1) is 0 Å². The summed E-state index contributed by atoms with van der Waals surface area (Å²) in [5, 5.41) is 0. The van der Waals surface area contributed by atoms with E-state index in [2.05, 4.69) is 0 Å². The van der Waals surface area contributed by atoms with Crippen LogP contribution in [0.25, 0.3) is 0 Å². The summed E-state index contributed by atoms with van der Waals surface area (Å²) >= 11 is 0. The highest BCUT2D eigenvalue weighted by molar-refractivity contribution is 6.15. The normalized spacial score (nSPS) is 35.8. The minimum atomic E-state index is -0.245. The predicted molar refractivity (Wildman–Crippen MR) is 35.4 cm³/mol. The molecule has 50 valence electrons. The average molecular weight is 127 g/mol. The number of hydrogen-bond acceptors (Lipinski definition) is 2. The summed E-state index contributed by atoms with van der Waals surface area (Å²) in [5.74, 6) is 0.0718. The minimum Gasteiger partial charge on any atom is -0.368 e. The molecule has 1 saturated heterocycles. The van der Waals surface area contributed by atoms with Gasteiger partial charge in [0.05, 0.1) is 0 Å². The van der Waals surface area contributed by atoms with Crippen molar-refractivity contribution in [3.8, 4) is 0 Å². The molecule has 2 unspecified atom stereocenters. The predicted octanol–water partition coefficient (Wildman–Crippen LogP) is -0.872. The van der Waals surface area contributed by atoms with Gasteiger partial charge in [-0.2, -0.15) is 0 Å². The lowest BCUT2D eigenvalue weighted by Gasteiger charge is -2.11. The molecule has 1 heterocycles. The molecule has 1 fully saturated rings. The fraction of sp³-hybridized carbons (Fsp3) is 0.800. The van der Waals surface area contributed by atoms with Crippen molar-refractivity contribution < 1.29 is 9.53 Å². The van der Waals surface area contributed by atoms with Gasteiger partial charge in [-0.25, -0.2) is 0 Å². The molecule has 1 aliphatic rings. The third-order valence-corrected chi connectivity index (χ3v) is 1.64. The number of carbonyl (C=O) groups excluding carboxylic acids is 1. The Bertz CT molecular complexity index is 139. The first-order chi connectivity index (χ1) is 4.13. The minimum absolute atomic E-state index is 0.0486. The van der Waals surface area contributed by atoms with Gasteiger partial charge in [0.25, 0.3) is 0 Å². The fourth-order valence-corrected chi connectivity index (χ4v) is 0.911. The van der Waals surface area contributed by atoms with Gasteiger partial charge in [-0.1, -0.05) is 0 Å². The van der Waals surface area contributed by atoms with E-state index in [1.54, 1.807) is 19.7 Å². The summed E-state index contributed by atoms with van der Waals surface area (Å²) in [5.41, 5.74) is 0. The number of hydrogen-bond donors (Lipinski definition) is 0. The zero-order valence-electron chi connectivity index (χ0n) is 5.92. The molecule has 0 aromatic rings. The van der Waals surface area contributed by atoms with Crippen LogP contribution >= 0.6 is 0 Å². The maximum Gasteiger partial charge on any atom is 0.240 e. The Morgan fingerprint density at radius 1 is 1.67 bits per heavy atom. The number of nitrogens with zero attached hydrogens (tertiary/aromatic N) is 1. The number of rotatable bonds is 0. The summed E-state index contributed by atoms with van der Waals surface area (Å²) in [6.45, 7) is 3.63. The molecule has 4 heteroatoms. The second kappa shape index (κ2) is 2.03. The molecule has 1 rings (SSSR count). The van der Waals surface area contributed by atoms with E-state index in [1.807, 2.05) is 6.92 Å². The summed E-state index contributed by atoms with van der Waals surface area (Å²) in [6.07, 6.45) is -0.294. The van der Waals surface area contributed by atoms with Crippen LogP contribution < -0.4 is 0 Å². The van der Waals surface area contributed by atoms with Crippen LogP contribution in [0.1, 0.15) is 13.8 Å². The van der Waals surface area contributed by atoms with Crippen molar-refractivity contribution in [3.05, 3.63) is 0 Å². The van der Waals surface area contributed by atoms with E-state index in [-0.39, 0.29) is 18.2 Å². The molecule has 9 heavy (non-hydrogen) atoms. The van der Waals surface area contributed by atoms with Crippen LogP contribution in [0.2, 0.25) is 0 Å². The molecule has 1 amide bonds. The van der Waals surface area contributed by atoms with Crippen molar-refractivity contribution in [2.75, 3.05) is 0 Å². The molecule has 0 bridgehead atoms. The first-order valence-corrected chi connectivity index (χ1v) is 3.05. The molecule has 0 saturated carbocycles. The molecule has 0 N–H and O–H groups in total. The SMILES string of the molecule is BN1C(=O)C(C)OC1C. The maximum atomic E-state index is 10.9. The Morgan fingerprint density at radius 2 is 2.22 bits per heavy atom. The smallest absolute Gasteiger partial charge is 0.240 e. The molecule has 2 atom stereocenters. The second-order valence-corrected chi connectivity index (χ2v) is 2.33. The third-order valence-electron chi connectivity index (χ3n) is 1.64. The van der Waals surface area contributed by atoms with Crippen molar-refractivity contribution in [2.24, 2.45) is 0 Å². The van der Waals surface area contributed by atoms with Gasteiger partial charge in [-0.15, -0.1) is 0 Å². The fourth-order valence-electron chi connectivity index (χ4n) is 0.911. The van der Waals surface area contributed by atoms with Gasteiger partial charge in [0.2, 0.25) is 13.9 Å². The molecule has 0 spiro atoms. The van der Waals surface area contributed by atoms with Crippen molar-refractivity contribution in [1.82, 2.24) is 4.81 Å². The van der Waals surface area contributed by atoms with E-state index < -0.39 is 0 Å². The zero-order chi connectivity index (χ0) is 7.02. The summed E-state index contributed by atoms with van der Waals surface area (Å²) in [7, 11) is 1.75. The van der Waals surface area contributed by atoms with Gasteiger partial charge in [0.1, 0.15) is 12.3 Å². The lowest BCUT2D eigenvalue weighted by atomic mass is 10.2. The van der Waals surface area contributed by atoms with Gasteiger partial charge < -0.3 is 9.55 Å². The van der Waals surface area contributed by atoms with Crippen molar-refractivity contribution in [1.29, 1.82) is 0 Å². The number of amides is 1. The molecular formula is C5H10BNO2. The van der Waals surface area contributed by atoms with Gasteiger partial charge in [-0.05, 0) is 13.8 Å². The van der Waals surface area contributed by atoms with Crippen molar-refractivity contribution >= 4 is 13.9 Å². The quantitative estimate of drug-likeness (QED) is 0.396. The summed E-state index contributed by atoms with van der Waals surface area (Å²) < 4.78 is 5.16. The van der Waals surface area contributed by atoms with Gasteiger partial charge in [0.15, 0.2) is 0 Å². The van der Waals surface area contributed by atoms with E-state index in [0.29, 0.717) is 0 Å². The highest BCUT2D eigenvalue weighted by atomic mass is 16.5. The topological polar surface area (TPSA) is 29.5 Å². The molecule has 0 aromatic heterocycles. The van der Waals surface area contributed by atoms with Crippen LogP contribution in [0.3, 0.4) is 0 Å². The molecule has 0 aliphatic carbocycles. The van der Waals surface area contributed by atoms with Crippen LogP contribution in [-0.2, 0) is 9.53 Å². The Balaban J connectivity index is 2.65. The standard InChI is InChI=1S/C5H10BNO2/c1-3-5(8)7(6)4(2)9-3/h3-4H,6H2,1-2H3. The van der Waals surface area contributed by atoms with Crippen LogP contribution in [0.5, 0.6) is 0 Å². The highest BCUT2D eigenvalue weighted by Gasteiger charge is 2.30. The molecular weight excluding hydrogens is 117 g/mol. The first kappa shape index (κ1) is 6.61. The van der Waals surface area contributed by atoms with Crippen molar-refractivity contribution in [2.45, 2.75) is 26.2 Å². The Hall–Kier alpha value is -0.505. The molecule has 1 aliphatic heterocycles.